The SMILES string of the molecule is C=C(COC)/C(=C/C[C@H](OC(C)=O)c1cccc(OCCO)c1)c1cnc2ccccc2c1. The van der Waals surface area contributed by atoms with Crippen molar-refractivity contribution in [2.45, 2.75) is 19.4 Å². The fraction of sp³-hybridized carbons (Fsp3) is 0.259. The highest BCUT2D eigenvalue weighted by molar-refractivity contribution is 5.86. The highest BCUT2D eigenvalue weighted by atomic mass is 16.5. The molecule has 0 radical (unpaired) electrons. The van der Waals surface area contributed by atoms with Crippen molar-refractivity contribution in [3.8, 4) is 5.75 Å². The molecule has 172 valence electrons. The first-order valence-electron chi connectivity index (χ1n) is 10.7. The number of rotatable bonds is 11. The van der Waals surface area contributed by atoms with Gasteiger partial charge in [0.25, 0.3) is 0 Å². The Hall–Kier alpha value is -3.48. The fourth-order valence-corrected chi connectivity index (χ4v) is 3.58. The monoisotopic (exact) mass is 447 g/mol. The van der Waals surface area contributed by atoms with Crippen molar-refractivity contribution in [3.05, 3.63) is 90.1 Å². The van der Waals surface area contributed by atoms with Crippen LogP contribution in [0.25, 0.3) is 16.5 Å². The van der Waals surface area contributed by atoms with Gasteiger partial charge in [-0.2, -0.15) is 0 Å². The Balaban J connectivity index is 1.95. The summed E-state index contributed by atoms with van der Waals surface area (Å²) in [5.41, 5.74) is 4.31. The second-order valence-corrected chi connectivity index (χ2v) is 7.55. The molecule has 33 heavy (non-hydrogen) atoms. The number of pyridine rings is 1. The van der Waals surface area contributed by atoms with Gasteiger partial charge in [0, 0.05) is 37.6 Å². The smallest absolute Gasteiger partial charge is 0.303 e. The molecule has 3 aromatic rings. The molecule has 0 spiro atoms. The number of hydrogen-bond acceptors (Lipinski definition) is 6. The third-order valence-electron chi connectivity index (χ3n) is 5.04. The zero-order valence-electron chi connectivity index (χ0n) is 19.0. The topological polar surface area (TPSA) is 77.9 Å². The summed E-state index contributed by atoms with van der Waals surface area (Å²) < 4.78 is 16.5. The van der Waals surface area contributed by atoms with Crippen molar-refractivity contribution in [2.75, 3.05) is 26.9 Å². The van der Waals surface area contributed by atoms with Crippen LogP contribution in [-0.4, -0.2) is 43.0 Å². The number of benzene rings is 2. The normalized spacial score (nSPS) is 12.4. The summed E-state index contributed by atoms with van der Waals surface area (Å²) in [6, 6.07) is 17.3. The van der Waals surface area contributed by atoms with Gasteiger partial charge in [-0.05, 0) is 41.0 Å². The summed E-state index contributed by atoms with van der Waals surface area (Å²) in [6.07, 6.45) is 3.73. The third-order valence-corrected chi connectivity index (χ3v) is 5.04. The van der Waals surface area contributed by atoms with E-state index in [0.717, 1.165) is 33.2 Å². The summed E-state index contributed by atoms with van der Waals surface area (Å²) in [5.74, 6) is 0.227. The minimum atomic E-state index is -0.515. The van der Waals surface area contributed by atoms with E-state index in [2.05, 4.69) is 17.6 Å². The van der Waals surface area contributed by atoms with Gasteiger partial charge in [-0.15, -0.1) is 0 Å². The molecule has 0 saturated carbocycles. The predicted molar refractivity (Wildman–Crippen MR) is 129 cm³/mol. The average molecular weight is 448 g/mol. The van der Waals surface area contributed by atoms with Crippen molar-refractivity contribution < 1.29 is 24.1 Å². The lowest BCUT2D eigenvalue weighted by Gasteiger charge is -2.18. The molecule has 3 rings (SSSR count). The lowest BCUT2D eigenvalue weighted by atomic mass is 9.96. The van der Waals surface area contributed by atoms with Gasteiger partial charge in [-0.1, -0.05) is 43.0 Å². The van der Waals surface area contributed by atoms with E-state index in [-0.39, 0.29) is 19.2 Å². The molecule has 0 aliphatic carbocycles. The number of carbonyl (C=O) groups excluding carboxylic acids is 1. The molecule has 0 saturated heterocycles. The lowest BCUT2D eigenvalue weighted by Crippen LogP contribution is -2.09. The quantitative estimate of drug-likeness (QED) is 0.333. The highest BCUT2D eigenvalue weighted by Crippen LogP contribution is 2.30. The first kappa shape index (κ1) is 24.2. The van der Waals surface area contributed by atoms with Crippen LogP contribution in [0.5, 0.6) is 5.75 Å². The van der Waals surface area contributed by atoms with Crippen molar-refractivity contribution in [1.29, 1.82) is 0 Å². The predicted octanol–water partition coefficient (Wildman–Crippen LogP) is 4.89. The molecule has 0 aliphatic heterocycles. The van der Waals surface area contributed by atoms with Gasteiger partial charge in [0.2, 0.25) is 0 Å². The van der Waals surface area contributed by atoms with Crippen LogP contribution in [0.2, 0.25) is 0 Å². The van der Waals surface area contributed by atoms with E-state index < -0.39 is 6.10 Å². The highest BCUT2D eigenvalue weighted by Gasteiger charge is 2.16. The van der Waals surface area contributed by atoms with Gasteiger partial charge in [0.15, 0.2) is 0 Å². The summed E-state index contributed by atoms with van der Waals surface area (Å²) in [4.78, 5) is 16.4. The molecule has 0 amide bonds. The zero-order chi connectivity index (χ0) is 23.6. The molecule has 0 aliphatic rings. The van der Waals surface area contributed by atoms with E-state index in [1.165, 1.54) is 6.92 Å². The second kappa shape index (κ2) is 11.9. The molecule has 6 nitrogen and oxygen atoms in total. The summed E-state index contributed by atoms with van der Waals surface area (Å²) in [7, 11) is 1.63. The second-order valence-electron chi connectivity index (χ2n) is 7.55. The molecule has 0 unspecified atom stereocenters. The van der Waals surface area contributed by atoms with Crippen molar-refractivity contribution >= 4 is 22.4 Å². The average Bonchev–Trinajstić information content (AvgIpc) is 2.82. The molecule has 0 bridgehead atoms. The van der Waals surface area contributed by atoms with Crippen LogP contribution in [0.3, 0.4) is 0 Å². The maximum Gasteiger partial charge on any atom is 0.303 e. The van der Waals surface area contributed by atoms with Gasteiger partial charge in [-0.25, -0.2) is 0 Å². The summed E-state index contributed by atoms with van der Waals surface area (Å²) in [6.45, 7) is 6.05. The number of nitrogens with zero attached hydrogens (tertiary/aromatic N) is 1. The van der Waals surface area contributed by atoms with Crippen LogP contribution < -0.4 is 4.74 Å². The number of esters is 1. The number of para-hydroxylation sites is 1. The maximum absolute atomic E-state index is 11.8. The standard InChI is InChI=1S/C27H29NO5/c1-19(18-31-3)25(23-15-21-7-4-5-10-26(21)28-17-23)11-12-27(33-20(2)30)22-8-6-9-24(16-22)32-14-13-29/h4-11,15-17,27,29H,1,12-14,18H2,2-3H3/b25-11-/t27-/m0/s1. The van der Waals surface area contributed by atoms with Gasteiger partial charge < -0.3 is 19.3 Å². The van der Waals surface area contributed by atoms with Crippen molar-refractivity contribution in [3.63, 3.8) is 0 Å². The molecular formula is C27H29NO5. The minimum Gasteiger partial charge on any atom is -0.491 e. The Bertz CT molecular complexity index is 1140. The number of methoxy groups -OCH3 is 1. The van der Waals surface area contributed by atoms with Crippen LogP contribution in [0, 0.1) is 0 Å². The van der Waals surface area contributed by atoms with Gasteiger partial charge >= 0.3 is 5.97 Å². The third kappa shape index (κ3) is 6.75. The molecule has 1 heterocycles. The Morgan fingerprint density at radius 2 is 2.00 bits per heavy atom. The van der Waals surface area contributed by atoms with E-state index in [1.807, 2.05) is 54.7 Å². The molecule has 1 N–H and O–H groups in total. The van der Waals surface area contributed by atoms with E-state index in [0.29, 0.717) is 18.8 Å². The number of aliphatic hydroxyl groups is 1. The van der Waals surface area contributed by atoms with E-state index in [4.69, 9.17) is 19.3 Å². The molecule has 0 fully saturated rings. The van der Waals surface area contributed by atoms with Crippen molar-refractivity contribution in [2.24, 2.45) is 0 Å². The Labute approximate surface area is 194 Å². The van der Waals surface area contributed by atoms with E-state index >= 15 is 0 Å². The molecular weight excluding hydrogens is 418 g/mol. The Morgan fingerprint density at radius 1 is 1.18 bits per heavy atom. The number of hydrogen-bond donors (Lipinski definition) is 1. The largest absolute Gasteiger partial charge is 0.491 e. The molecule has 1 aromatic heterocycles. The Morgan fingerprint density at radius 3 is 2.76 bits per heavy atom. The fourth-order valence-electron chi connectivity index (χ4n) is 3.58. The first-order chi connectivity index (χ1) is 16.0. The van der Waals surface area contributed by atoms with Gasteiger partial charge in [-0.3, -0.25) is 9.78 Å². The number of ether oxygens (including phenoxy) is 3. The number of carbonyl (C=O) groups is 1. The van der Waals surface area contributed by atoms with Crippen LogP contribution in [-0.2, 0) is 14.3 Å². The summed E-state index contributed by atoms with van der Waals surface area (Å²) >= 11 is 0. The van der Waals surface area contributed by atoms with Crippen LogP contribution in [0.15, 0.2) is 79.0 Å². The number of aromatic nitrogens is 1. The molecule has 1 atom stereocenters. The zero-order valence-corrected chi connectivity index (χ0v) is 19.0. The Kier molecular flexibility index (Phi) is 8.75. The minimum absolute atomic E-state index is 0.0783. The van der Waals surface area contributed by atoms with E-state index in [1.54, 1.807) is 13.2 Å². The number of fused-ring (bicyclic) bond motifs is 1. The molecule has 6 heteroatoms. The van der Waals surface area contributed by atoms with Gasteiger partial charge in [0.1, 0.15) is 18.5 Å². The summed E-state index contributed by atoms with van der Waals surface area (Å²) in [5, 5.41) is 10.0. The lowest BCUT2D eigenvalue weighted by molar-refractivity contribution is -0.146. The van der Waals surface area contributed by atoms with Gasteiger partial charge in [0.05, 0.1) is 18.7 Å². The van der Waals surface area contributed by atoms with E-state index in [9.17, 15) is 4.79 Å². The first-order valence-corrected chi connectivity index (χ1v) is 10.7. The van der Waals surface area contributed by atoms with Crippen LogP contribution in [0.1, 0.15) is 30.6 Å². The van der Waals surface area contributed by atoms with Crippen LogP contribution in [0.4, 0.5) is 0 Å². The van der Waals surface area contributed by atoms with Crippen LogP contribution >= 0.6 is 0 Å². The molecule has 2 aromatic carbocycles. The van der Waals surface area contributed by atoms with Crippen molar-refractivity contribution in [1.82, 2.24) is 4.98 Å². The maximum atomic E-state index is 11.8. The number of aliphatic hydroxyl groups excluding tert-OH is 1.